The van der Waals surface area contributed by atoms with E-state index in [0.29, 0.717) is 29.4 Å². The Kier molecular flexibility index (Phi) is 3.06. The van der Waals surface area contributed by atoms with E-state index in [1.807, 2.05) is 30.3 Å². The Labute approximate surface area is 110 Å². The lowest BCUT2D eigenvalue weighted by molar-refractivity contribution is 0.112. The number of aldehydes is 1. The third kappa shape index (κ3) is 2.38. The van der Waals surface area contributed by atoms with Gasteiger partial charge in [0.2, 0.25) is 12.5 Å². The average Bonchev–Trinajstić information content (AvgIpc) is 2.94. The first-order valence-corrected chi connectivity index (χ1v) is 5.92. The fourth-order valence-electron chi connectivity index (χ4n) is 1.93. The van der Waals surface area contributed by atoms with E-state index in [-0.39, 0.29) is 6.79 Å². The minimum atomic E-state index is 0.219. The molecule has 0 saturated heterocycles. The van der Waals surface area contributed by atoms with Crippen LogP contribution >= 0.6 is 0 Å². The Morgan fingerprint density at radius 3 is 2.95 bits per heavy atom. The van der Waals surface area contributed by atoms with Gasteiger partial charge in [-0.25, -0.2) is 0 Å². The molecule has 1 aliphatic rings. The summed E-state index contributed by atoms with van der Waals surface area (Å²) in [4.78, 5) is 10.7. The van der Waals surface area contributed by atoms with Gasteiger partial charge >= 0.3 is 0 Å². The van der Waals surface area contributed by atoms with Gasteiger partial charge in [-0.05, 0) is 23.8 Å². The number of fused-ring (bicyclic) bond motifs is 1. The highest BCUT2D eigenvalue weighted by Gasteiger charge is 2.18. The van der Waals surface area contributed by atoms with Gasteiger partial charge in [0.1, 0.15) is 12.9 Å². The molecule has 4 heteroatoms. The van der Waals surface area contributed by atoms with Crippen molar-refractivity contribution in [2.45, 2.75) is 6.61 Å². The van der Waals surface area contributed by atoms with E-state index >= 15 is 0 Å². The lowest BCUT2D eigenvalue weighted by Gasteiger charge is -2.08. The van der Waals surface area contributed by atoms with Crippen LogP contribution in [0.15, 0.2) is 42.5 Å². The van der Waals surface area contributed by atoms with Crippen LogP contribution in [0.2, 0.25) is 0 Å². The molecule has 0 spiro atoms. The zero-order chi connectivity index (χ0) is 13.1. The summed E-state index contributed by atoms with van der Waals surface area (Å²) in [5.41, 5.74) is 1.57. The first kappa shape index (κ1) is 11.6. The van der Waals surface area contributed by atoms with Gasteiger partial charge in [0, 0.05) is 5.56 Å². The van der Waals surface area contributed by atoms with E-state index in [1.165, 1.54) is 0 Å². The Hall–Kier alpha value is -2.49. The number of para-hydroxylation sites is 1. The second-order valence-corrected chi connectivity index (χ2v) is 4.14. The summed E-state index contributed by atoms with van der Waals surface area (Å²) in [5.74, 6) is 1.97. The number of carbonyl (C=O) groups is 1. The lowest BCUT2D eigenvalue weighted by Crippen LogP contribution is -1.98. The maximum atomic E-state index is 10.7. The van der Waals surface area contributed by atoms with Crippen molar-refractivity contribution in [3.8, 4) is 17.2 Å². The molecule has 3 rings (SSSR count). The van der Waals surface area contributed by atoms with Crippen LogP contribution in [0.5, 0.6) is 17.2 Å². The van der Waals surface area contributed by atoms with Gasteiger partial charge in [0.25, 0.3) is 0 Å². The van der Waals surface area contributed by atoms with Crippen molar-refractivity contribution in [2.24, 2.45) is 0 Å². The third-order valence-electron chi connectivity index (χ3n) is 2.84. The molecule has 0 fully saturated rings. The molecule has 0 aliphatic carbocycles. The zero-order valence-electron chi connectivity index (χ0n) is 10.2. The van der Waals surface area contributed by atoms with Crippen molar-refractivity contribution in [2.75, 3.05) is 6.79 Å². The van der Waals surface area contributed by atoms with Crippen molar-refractivity contribution < 1.29 is 19.0 Å². The molecule has 19 heavy (non-hydrogen) atoms. The molecule has 1 aliphatic heterocycles. The van der Waals surface area contributed by atoms with Gasteiger partial charge in [-0.3, -0.25) is 4.79 Å². The average molecular weight is 256 g/mol. The fraction of sp³-hybridized carbons (Fsp3) is 0.133. The predicted octanol–water partition coefficient (Wildman–Crippen LogP) is 2.81. The summed E-state index contributed by atoms with van der Waals surface area (Å²) in [7, 11) is 0. The summed E-state index contributed by atoms with van der Waals surface area (Å²) >= 11 is 0. The van der Waals surface area contributed by atoms with Crippen molar-refractivity contribution in [3.63, 3.8) is 0 Å². The van der Waals surface area contributed by atoms with Crippen LogP contribution in [0, 0.1) is 0 Å². The molecular weight excluding hydrogens is 244 g/mol. The number of carbonyl (C=O) groups excluding carboxylic acids is 1. The van der Waals surface area contributed by atoms with E-state index in [9.17, 15) is 4.79 Å². The van der Waals surface area contributed by atoms with Gasteiger partial charge in [-0.1, -0.05) is 24.3 Å². The summed E-state index contributed by atoms with van der Waals surface area (Å²) in [6, 6.07) is 12.8. The minimum absolute atomic E-state index is 0.219. The molecule has 2 aromatic carbocycles. The van der Waals surface area contributed by atoms with Crippen LogP contribution in [-0.2, 0) is 6.61 Å². The molecule has 0 bridgehead atoms. The van der Waals surface area contributed by atoms with E-state index in [4.69, 9.17) is 14.2 Å². The Morgan fingerprint density at radius 2 is 2.05 bits per heavy atom. The number of benzene rings is 2. The van der Waals surface area contributed by atoms with E-state index in [1.54, 1.807) is 12.1 Å². The quantitative estimate of drug-likeness (QED) is 0.789. The molecule has 0 radical (unpaired) electrons. The summed E-state index contributed by atoms with van der Waals surface area (Å²) in [6.07, 6.45) is 0.820. The molecule has 4 nitrogen and oxygen atoms in total. The van der Waals surface area contributed by atoms with E-state index in [0.717, 1.165) is 11.8 Å². The van der Waals surface area contributed by atoms with Crippen LogP contribution in [-0.4, -0.2) is 13.1 Å². The van der Waals surface area contributed by atoms with Crippen LogP contribution in [0.4, 0.5) is 0 Å². The van der Waals surface area contributed by atoms with Crippen molar-refractivity contribution in [3.05, 3.63) is 53.6 Å². The Bertz CT molecular complexity index is 607. The summed E-state index contributed by atoms with van der Waals surface area (Å²) in [6.45, 7) is 0.595. The summed E-state index contributed by atoms with van der Waals surface area (Å²) in [5, 5.41) is 0. The second kappa shape index (κ2) is 5.02. The highest BCUT2D eigenvalue weighted by atomic mass is 16.7. The van der Waals surface area contributed by atoms with Crippen molar-refractivity contribution in [1.82, 2.24) is 0 Å². The lowest BCUT2D eigenvalue weighted by atomic mass is 10.1. The Morgan fingerprint density at radius 1 is 1.16 bits per heavy atom. The van der Waals surface area contributed by atoms with E-state index in [2.05, 4.69) is 0 Å². The molecule has 2 aromatic rings. The predicted molar refractivity (Wildman–Crippen MR) is 68.7 cm³/mol. The van der Waals surface area contributed by atoms with Crippen LogP contribution in [0.3, 0.4) is 0 Å². The number of hydrogen-bond donors (Lipinski definition) is 0. The van der Waals surface area contributed by atoms with Crippen LogP contribution < -0.4 is 14.2 Å². The largest absolute Gasteiger partial charge is 0.485 e. The summed E-state index contributed by atoms with van der Waals surface area (Å²) < 4.78 is 16.4. The maximum Gasteiger partial charge on any atom is 0.231 e. The topological polar surface area (TPSA) is 44.8 Å². The highest BCUT2D eigenvalue weighted by molar-refractivity contribution is 5.74. The smallest absolute Gasteiger partial charge is 0.231 e. The zero-order valence-corrected chi connectivity index (χ0v) is 10.2. The van der Waals surface area contributed by atoms with Crippen LogP contribution in [0.1, 0.15) is 15.9 Å². The maximum absolute atomic E-state index is 10.7. The number of rotatable bonds is 4. The monoisotopic (exact) mass is 256 g/mol. The van der Waals surface area contributed by atoms with Gasteiger partial charge in [0.05, 0.1) is 0 Å². The van der Waals surface area contributed by atoms with Gasteiger partial charge in [-0.15, -0.1) is 0 Å². The van der Waals surface area contributed by atoms with Gasteiger partial charge < -0.3 is 14.2 Å². The molecule has 0 unspecified atom stereocenters. The first-order chi connectivity index (χ1) is 9.36. The molecule has 1 heterocycles. The number of hydrogen-bond acceptors (Lipinski definition) is 4. The SMILES string of the molecule is O=Cc1cccc(COc2cccc3c2OCO3)c1. The van der Waals surface area contributed by atoms with Gasteiger partial charge in [0.15, 0.2) is 11.5 Å². The molecule has 0 amide bonds. The van der Waals surface area contributed by atoms with Gasteiger partial charge in [-0.2, -0.15) is 0 Å². The Balaban J connectivity index is 1.76. The molecule has 0 aromatic heterocycles. The molecular formula is C15H12O4. The molecule has 0 N–H and O–H groups in total. The second-order valence-electron chi connectivity index (χ2n) is 4.14. The van der Waals surface area contributed by atoms with Crippen LogP contribution in [0.25, 0.3) is 0 Å². The van der Waals surface area contributed by atoms with E-state index < -0.39 is 0 Å². The van der Waals surface area contributed by atoms with Crippen molar-refractivity contribution >= 4 is 6.29 Å². The third-order valence-corrected chi connectivity index (χ3v) is 2.84. The first-order valence-electron chi connectivity index (χ1n) is 5.92. The van der Waals surface area contributed by atoms with Crippen molar-refractivity contribution in [1.29, 1.82) is 0 Å². The standard InChI is InChI=1S/C15H12O4/c16-8-11-3-1-4-12(7-11)9-17-13-5-2-6-14-15(13)19-10-18-14/h1-8H,9-10H2. The minimum Gasteiger partial charge on any atom is -0.485 e. The molecule has 96 valence electrons. The molecule has 0 saturated carbocycles. The molecule has 0 atom stereocenters. The fourth-order valence-corrected chi connectivity index (χ4v) is 1.93. The number of ether oxygens (including phenoxy) is 3. The normalized spacial score (nSPS) is 12.2. The highest BCUT2D eigenvalue weighted by Crippen LogP contribution is 2.40.